The van der Waals surface area contributed by atoms with E-state index >= 15 is 0 Å². The molecule has 0 unspecified atom stereocenters. The lowest BCUT2D eigenvalue weighted by molar-refractivity contribution is -0.142. The number of fused-ring (bicyclic) bond motifs is 1. The normalized spacial score (nSPS) is 12.1. The Labute approximate surface area is 142 Å². The van der Waals surface area contributed by atoms with Crippen LogP contribution in [0.2, 0.25) is 5.02 Å². The van der Waals surface area contributed by atoms with Gasteiger partial charge in [-0.1, -0.05) is 11.6 Å². The van der Waals surface area contributed by atoms with Crippen LogP contribution in [0.3, 0.4) is 0 Å². The largest absolute Gasteiger partial charge is 0.493 e. The molecule has 7 heteroatoms. The second-order valence-corrected chi connectivity index (χ2v) is 5.65. The van der Waals surface area contributed by atoms with Crippen LogP contribution in [0.1, 0.15) is 6.92 Å². The van der Waals surface area contributed by atoms with E-state index in [9.17, 15) is 4.79 Å². The molecular formula is C17H14ClNO5. The quantitative estimate of drug-likeness (QED) is 0.712. The molecular weight excluding hydrogens is 334 g/mol. The summed E-state index contributed by atoms with van der Waals surface area (Å²) < 4.78 is 16.4. The summed E-state index contributed by atoms with van der Waals surface area (Å²) in [5.41, 5.74) is 1.19. The SMILES string of the molecule is C[C@H](COc1ccc(Oc2nc3ccc(Cl)cc3o2)cc1)C(=O)O. The minimum atomic E-state index is -0.897. The highest BCUT2D eigenvalue weighted by atomic mass is 35.5. The first kappa shape index (κ1) is 16.1. The third kappa shape index (κ3) is 3.78. The third-order valence-corrected chi connectivity index (χ3v) is 3.52. The molecule has 3 rings (SSSR count). The van der Waals surface area contributed by atoms with Crippen LogP contribution >= 0.6 is 11.6 Å². The van der Waals surface area contributed by atoms with Gasteiger partial charge in [0.1, 0.15) is 23.6 Å². The van der Waals surface area contributed by atoms with Gasteiger partial charge >= 0.3 is 12.0 Å². The number of oxazole rings is 1. The predicted molar refractivity (Wildman–Crippen MR) is 87.8 cm³/mol. The number of carboxylic acids is 1. The fraction of sp³-hybridized carbons (Fsp3) is 0.176. The smallest absolute Gasteiger partial charge is 0.400 e. The number of hydrogen-bond donors (Lipinski definition) is 1. The number of carbonyl (C=O) groups is 1. The zero-order valence-corrected chi connectivity index (χ0v) is 13.5. The van der Waals surface area contributed by atoms with E-state index in [0.29, 0.717) is 27.6 Å². The summed E-state index contributed by atoms with van der Waals surface area (Å²) in [6.07, 6.45) is 0.112. The predicted octanol–water partition coefficient (Wildman–Crippen LogP) is 4.37. The second-order valence-electron chi connectivity index (χ2n) is 5.22. The van der Waals surface area contributed by atoms with Crippen molar-refractivity contribution in [2.45, 2.75) is 6.92 Å². The van der Waals surface area contributed by atoms with Crippen molar-refractivity contribution in [3.8, 4) is 17.6 Å². The van der Waals surface area contributed by atoms with E-state index in [-0.39, 0.29) is 12.7 Å². The molecule has 0 saturated heterocycles. The summed E-state index contributed by atoms with van der Waals surface area (Å²) in [5.74, 6) is -0.399. The fourth-order valence-electron chi connectivity index (χ4n) is 1.92. The van der Waals surface area contributed by atoms with Gasteiger partial charge in [-0.25, -0.2) is 0 Å². The van der Waals surface area contributed by atoms with Crippen LogP contribution in [0.25, 0.3) is 11.1 Å². The molecule has 1 heterocycles. The van der Waals surface area contributed by atoms with Crippen LogP contribution in [0.5, 0.6) is 17.6 Å². The van der Waals surface area contributed by atoms with Crippen LogP contribution in [0.4, 0.5) is 0 Å². The van der Waals surface area contributed by atoms with Crippen molar-refractivity contribution in [3.63, 3.8) is 0 Å². The molecule has 0 radical (unpaired) electrons. The van der Waals surface area contributed by atoms with Gasteiger partial charge in [0.15, 0.2) is 5.58 Å². The second kappa shape index (κ2) is 6.80. The Kier molecular flexibility index (Phi) is 4.57. The van der Waals surface area contributed by atoms with Gasteiger partial charge in [0.25, 0.3) is 0 Å². The molecule has 0 aliphatic carbocycles. The van der Waals surface area contributed by atoms with E-state index in [1.54, 1.807) is 49.4 Å². The van der Waals surface area contributed by atoms with Gasteiger partial charge in [0, 0.05) is 11.1 Å². The molecule has 0 aliphatic heterocycles. The Morgan fingerprint density at radius 3 is 2.67 bits per heavy atom. The minimum Gasteiger partial charge on any atom is -0.493 e. The number of carboxylic acid groups (broad SMARTS) is 1. The van der Waals surface area contributed by atoms with E-state index in [4.69, 9.17) is 30.6 Å². The van der Waals surface area contributed by atoms with Crippen molar-refractivity contribution in [2.75, 3.05) is 6.61 Å². The van der Waals surface area contributed by atoms with Crippen LogP contribution in [-0.2, 0) is 4.79 Å². The Balaban J connectivity index is 1.65. The number of rotatable bonds is 6. The van der Waals surface area contributed by atoms with Crippen molar-refractivity contribution in [3.05, 3.63) is 47.5 Å². The number of aliphatic carboxylic acids is 1. The first-order valence-corrected chi connectivity index (χ1v) is 7.58. The highest BCUT2D eigenvalue weighted by Crippen LogP contribution is 2.28. The Morgan fingerprint density at radius 2 is 1.96 bits per heavy atom. The molecule has 1 aromatic heterocycles. The molecule has 0 saturated carbocycles. The lowest BCUT2D eigenvalue weighted by Crippen LogP contribution is -2.17. The van der Waals surface area contributed by atoms with Gasteiger partial charge in [0.2, 0.25) is 0 Å². The summed E-state index contributed by atoms with van der Waals surface area (Å²) in [4.78, 5) is 15.0. The molecule has 3 aromatic rings. The van der Waals surface area contributed by atoms with Gasteiger partial charge in [0.05, 0.1) is 5.92 Å². The van der Waals surface area contributed by atoms with E-state index in [1.165, 1.54) is 0 Å². The average Bonchev–Trinajstić information content (AvgIpc) is 2.95. The maximum Gasteiger partial charge on any atom is 0.400 e. The lowest BCUT2D eigenvalue weighted by Gasteiger charge is -2.09. The molecule has 1 N–H and O–H groups in total. The maximum atomic E-state index is 10.7. The summed E-state index contributed by atoms with van der Waals surface area (Å²) in [7, 11) is 0. The number of halogens is 1. The first-order chi connectivity index (χ1) is 11.5. The van der Waals surface area contributed by atoms with Crippen molar-refractivity contribution >= 4 is 28.7 Å². The van der Waals surface area contributed by atoms with Crippen LogP contribution in [0, 0.1) is 5.92 Å². The van der Waals surface area contributed by atoms with E-state index in [0.717, 1.165) is 0 Å². The average molecular weight is 348 g/mol. The van der Waals surface area contributed by atoms with Crippen LogP contribution in [-0.4, -0.2) is 22.7 Å². The fourth-order valence-corrected chi connectivity index (χ4v) is 2.08. The van der Waals surface area contributed by atoms with Crippen molar-refractivity contribution in [2.24, 2.45) is 5.92 Å². The Morgan fingerprint density at radius 1 is 1.25 bits per heavy atom. The molecule has 6 nitrogen and oxygen atoms in total. The van der Waals surface area contributed by atoms with Gasteiger partial charge in [-0.2, -0.15) is 4.98 Å². The van der Waals surface area contributed by atoms with Gasteiger partial charge in [-0.15, -0.1) is 0 Å². The molecule has 0 spiro atoms. The topological polar surface area (TPSA) is 81.8 Å². The van der Waals surface area contributed by atoms with Crippen molar-refractivity contribution < 1.29 is 23.8 Å². The molecule has 2 aromatic carbocycles. The number of ether oxygens (including phenoxy) is 2. The summed E-state index contributed by atoms with van der Waals surface area (Å²) >= 11 is 5.90. The highest BCUT2D eigenvalue weighted by molar-refractivity contribution is 6.31. The lowest BCUT2D eigenvalue weighted by atomic mass is 10.2. The van der Waals surface area contributed by atoms with Gasteiger partial charge in [-0.05, 0) is 43.3 Å². The van der Waals surface area contributed by atoms with Crippen LogP contribution in [0.15, 0.2) is 46.9 Å². The van der Waals surface area contributed by atoms with Crippen LogP contribution < -0.4 is 9.47 Å². The monoisotopic (exact) mass is 347 g/mol. The Hall–Kier alpha value is -2.73. The van der Waals surface area contributed by atoms with E-state index in [2.05, 4.69) is 4.98 Å². The van der Waals surface area contributed by atoms with Gasteiger partial charge < -0.3 is 19.0 Å². The molecule has 0 amide bonds. The zero-order chi connectivity index (χ0) is 17.1. The van der Waals surface area contributed by atoms with Crippen molar-refractivity contribution in [1.29, 1.82) is 0 Å². The number of hydrogen-bond acceptors (Lipinski definition) is 5. The summed E-state index contributed by atoms with van der Waals surface area (Å²) in [6, 6.07) is 11.9. The summed E-state index contributed by atoms with van der Waals surface area (Å²) in [5, 5.41) is 9.38. The Bertz CT molecular complexity index is 859. The third-order valence-electron chi connectivity index (χ3n) is 3.28. The minimum absolute atomic E-state index is 0.0986. The van der Waals surface area contributed by atoms with Crippen molar-refractivity contribution in [1.82, 2.24) is 4.98 Å². The molecule has 0 aliphatic rings. The molecule has 0 fully saturated rings. The number of nitrogens with zero attached hydrogens (tertiary/aromatic N) is 1. The van der Waals surface area contributed by atoms with E-state index in [1.807, 2.05) is 0 Å². The summed E-state index contributed by atoms with van der Waals surface area (Å²) in [6.45, 7) is 1.68. The standard InChI is InChI=1S/C17H14ClNO5/c1-10(16(20)21)9-22-12-3-5-13(6-4-12)23-17-19-14-7-2-11(18)8-15(14)24-17/h2-8,10H,9H2,1H3,(H,20,21)/t10-/m1/s1. The van der Waals surface area contributed by atoms with E-state index < -0.39 is 11.9 Å². The number of benzene rings is 2. The molecule has 1 atom stereocenters. The molecule has 0 bridgehead atoms. The maximum absolute atomic E-state index is 10.7. The van der Waals surface area contributed by atoms with Gasteiger partial charge in [-0.3, -0.25) is 4.79 Å². The molecule has 124 valence electrons. The number of aromatic nitrogens is 1. The highest BCUT2D eigenvalue weighted by Gasteiger charge is 2.12. The zero-order valence-electron chi connectivity index (χ0n) is 12.7. The first-order valence-electron chi connectivity index (χ1n) is 7.21. The molecule has 24 heavy (non-hydrogen) atoms.